The first-order valence-corrected chi connectivity index (χ1v) is 6.19. The normalized spacial score (nSPS) is 10.6. The Labute approximate surface area is 116 Å². The third kappa shape index (κ3) is 2.59. The average Bonchev–Trinajstić information content (AvgIpc) is 2.64. The predicted molar refractivity (Wildman–Crippen MR) is 73.6 cm³/mol. The Bertz CT molecular complexity index is 662. The van der Waals surface area contributed by atoms with E-state index in [2.05, 4.69) is 10.4 Å². The minimum Gasteiger partial charge on any atom is -0.504 e. The molecular formula is C14H17N3O3. The predicted octanol–water partition coefficient (Wildman–Crippen LogP) is 1.38. The Kier molecular flexibility index (Phi) is 3.65. The lowest BCUT2D eigenvalue weighted by Crippen LogP contribution is -2.23. The topological polar surface area (TPSA) is 87.4 Å². The van der Waals surface area contributed by atoms with Gasteiger partial charge in [-0.3, -0.25) is 9.48 Å². The lowest BCUT2D eigenvalue weighted by atomic mass is 10.1. The quantitative estimate of drug-likeness (QED) is 0.738. The molecule has 2 aromatic rings. The van der Waals surface area contributed by atoms with Gasteiger partial charge < -0.3 is 15.5 Å². The Morgan fingerprint density at radius 3 is 2.55 bits per heavy atom. The summed E-state index contributed by atoms with van der Waals surface area (Å²) in [6, 6.07) is 3.96. The van der Waals surface area contributed by atoms with E-state index in [1.54, 1.807) is 4.68 Å². The minimum atomic E-state index is -0.317. The zero-order chi connectivity index (χ0) is 14.9. The third-order valence-electron chi connectivity index (χ3n) is 3.32. The van der Waals surface area contributed by atoms with Crippen LogP contribution in [0.1, 0.15) is 27.3 Å². The SMILES string of the molecule is Cc1nn(C)c(C)c1CNC(=O)c1ccc(O)c(O)c1. The van der Waals surface area contributed by atoms with Crippen molar-refractivity contribution in [1.29, 1.82) is 0 Å². The van der Waals surface area contributed by atoms with Crippen LogP contribution in [0.25, 0.3) is 0 Å². The third-order valence-corrected chi connectivity index (χ3v) is 3.32. The summed E-state index contributed by atoms with van der Waals surface area (Å²) < 4.78 is 1.77. The van der Waals surface area contributed by atoms with E-state index in [1.807, 2.05) is 20.9 Å². The summed E-state index contributed by atoms with van der Waals surface area (Å²) in [4.78, 5) is 12.0. The van der Waals surface area contributed by atoms with E-state index < -0.39 is 0 Å². The van der Waals surface area contributed by atoms with Crippen LogP contribution >= 0.6 is 0 Å². The van der Waals surface area contributed by atoms with Crippen molar-refractivity contribution in [2.24, 2.45) is 7.05 Å². The molecule has 3 N–H and O–H groups in total. The minimum absolute atomic E-state index is 0.250. The number of carbonyl (C=O) groups is 1. The Balaban J connectivity index is 2.10. The number of phenolic OH excluding ortho intramolecular Hbond substituents is 2. The van der Waals surface area contributed by atoms with E-state index in [0.29, 0.717) is 12.1 Å². The standard InChI is InChI=1S/C14H17N3O3/c1-8-11(9(2)17(3)16-8)7-15-14(20)10-4-5-12(18)13(19)6-10/h4-6,18-19H,7H2,1-3H3,(H,15,20). The molecule has 106 valence electrons. The van der Waals surface area contributed by atoms with Crippen LogP contribution in [-0.2, 0) is 13.6 Å². The van der Waals surface area contributed by atoms with Gasteiger partial charge >= 0.3 is 0 Å². The highest BCUT2D eigenvalue weighted by atomic mass is 16.3. The fraction of sp³-hybridized carbons (Fsp3) is 0.286. The van der Waals surface area contributed by atoms with Crippen molar-refractivity contribution < 1.29 is 15.0 Å². The van der Waals surface area contributed by atoms with Gasteiger partial charge in [0.25, 0.3) is 5.91 Å². The van der Waals surface area contributed by atoms with Crippen molar-refractivity contribution in [2.75, 3.05) is 0 Å². The Hall–Kier alpha value is -2.50. The summed E-state index contributed by atoms with van der Waals surface area (Å²) in [5, 5.41) is 25.6. The second kappa shape index (κ2) is 5.24. The van der Waals surface area contributed by atoms with Gasteiger partial charge in [-0.2, -0.15) is 5.10 Å². The summed E-state index contributed by atoms with van der Waals surface area (Å²) in [6.45, 7) is 4.20. The molecule has 0 atom stereocenters. The molecule has 0 spiro atoms. The first kappa shape index (κ1) is 13.9. The number of carbonyl (C=O) groups excluding carboxylic acids is 1. The molecule has 0 saturated heterocycles. The molecule has 20 heavy (non-hydrogen) atoms. The van der Waals surface area contributed by atoms with Crippen LogP contribution < -0.4 is 5.32 Å². The number of nitrogens with one attached hydrogen (secondary N) is 1. The first-order valence-electron chi connectivity index (χ1n) is 6.19. The number of aryl methyl sites for hydroxylation is 2. The summed E-state index contributed by atoms with van der Waals surface area (Å²) in [5.74, 6) is -0.880. The van der Waals surface area contributed by atoms with Crippen molar-refractivity contribution in [3.8, 4) is 11.5 Å². The zero-order valence-electron chi connectivity index (χ0n) is 11.6. The molecule has 1 heterocycles. The second-order valence-electron chi connectivity index (χ2n) is 4.66. The van der Waals surface area contributed by atoms with Crippen molar-refractivity contribution in [1.82, 2.24) is 15.1 Å². The smallest absolute Gasteiger partial charge is 0.251 e. The van der Waals surface area contributed by atoms with Crippen molar-refractivity contribution in [3.05, 3.63) is 40.7 Å². The number of hydrogen-bond acceptors (Lipinski definition) is 4. The average molecular weight is 275 g/mol. The summed E-state index contributed by atoms with van der Waals surface area (Å²) in [5.41, 5.74) is 3.14. The van der Waals surface area contributed by atoms with E-state index in [9.17, 15) is 15.0 Å². The van der Waals surface area contributed by atoms with Gasteiger partial charge in [-0.15, -0.1) is 0 Å². The van der Waals surface area contributed by atoms with Gasteiger partial charge in [-0.25, -0.2) is 0 Å². The zero-order valence-corrected chi connectivity index (χ0v) is 11.6. The molecule has 0 radical (unpaired) electrons. The highest BCUT2D eigenvalue weighted by molar-refractivity contribution is 5.94. The summed E-state index contributed by atoms with van der Waals surface area (Å²) in [7, 11) is 1.85. The number of benzene rings is 1. The number of amides is 1. The van der Waals surface area contributed by atoms with E-state index in [1.165, 1.54) is 18.2 Å². The van der Waals surface area contributed by atoms with Gasteiger partial charge in [-0.05, 0) is 32.0 Å². The fourth-order valence-corrected chi connectivity index (χ4v) is 2.01. The van der Waals surface area contributed by atoms with Gasteiger partial charge in [0, 0.05) is 30.4 Å². The molecule has 2 rings (SSSR count). The fourth-order valence-electron chi connectivity index (χ4n) is 2.01. The maximum atomic E-state index is 12.0. The number of hydrogen-bond donors (Lipinski definition) is 3. The van der Waals surface area contributed by atoms with Crippen LogP contribution in [0.2, 0.25) is 0 Å². The van der Waals surface area contributed by atoms with Crippen LogP contribution in [0, 0.1) is 13.8 Å². The highest BCUT2D eigenvalue weighted by Gasteiger charge is 2.12. The number of nitrogens with zero attached hydrogens (tertiary/aromatic N) is 2. The molecule has 1 aromatic heterocycles. The molecule has 0 unspecified atom stereocenters. The van der Waals surface area contributed by atoms with Crippen LogP contribution in [0.15, 0.2) is 18.2 Å². The van der Waals surface area contributed by atoms with E-state index in [4.69, 9.17) is 0 Å². The van der Waals surface area contributed by atoms with E-state index in [-0.39, 0.29) is 17.4 Å². The monoisotopic (exact) mass is 275 g/mol. The molecule has 1 aromatic carbocycles. The highest BCUT2D eigenvalue weighted by Crippen LogP contribution is 2.24. The van der Waals surface area contributed by atoms with Crippen molar-refractivity contribution in [2.45, 2.75) is 20.4 Å². The molecule has 0 aliphatic heterocycles. The van der Waals surface area contributed by atoms with Crippen LogP contribution in [0.4, 0.5) is 0 Å². The first-order chi connectivity index (χ1) is 9.40. The number of rotatable bonds is 3. The molecule has 1 amide bonds. The van der Waals surface area contributed by atoms with Gasteiger partial charge in [0.1, 0.15) is 0 Å². The van der Waals surface area contributed by atoms with Gasteiger partial charge in [-0.1, -0.05) is 0 Å². The van der Waals surface area contributed by atoms with Gasteiger partial charge in [0.2, 0.25) is 0 Å². The van der Waals surface area contributed by atoms with E-state index >= 15 is 0 Å². The van der Waals surface area contributed by atoms with Gasteiger partial charge in [0.15, 0.2) is 11.5 Å². The molecule has 6 nitrogen and oxygen atoms in total. The molecule has 0 aliphatic rings. The number of aromatic hydroxyl groups is 2. The Morgan fingerprint density at radius 1 is 1.30 bits per heavy atom. The maximum Gasteiger partial charge on any atom is 0.251 e. The van der Waals surface area contributed by atoms with Crippen LogP contribution in [-0.4, -0.2) is 25.9 Å². The largest absolute Gasteiger partial charge is 0.504 e. The van der Waals surface area contributed by atoms with Gasteiger partial charge in [0.05, 0.1) is 5.69 Å². The molecule has 0 fully saturated rings. The molecule has 0 bridgehead atoms. The lowest BCUT2D eigenvalue weighted by Gasteiger charge is -2.07. The summed E-state index contributed by atoms with van der Waals surface area (Å²) in [6.07, 6.45) is 0. The second-order valence-corrected chi connectivity index (χ2v) is 4.66. The maximum absolute atomic E-state index is 12.0. The van der Waals surface area contributed by atoms with Crippen LogP contribution in [0.3, 0.4) is 0 Å². The summed E-state index contributed by atoms with van der Waals surface area (Å²) >= 11 is 0. The number of phenols is 2. The van der Waals surface area contributed by atoms with Crippen LogP contribution in [0.5, 0.6) is 11.5 Å². The number of aromatic nitrogens is 2. The molecule has 0 aliphatic carbocycles. The van der Waals surface area contributed by atoms with E-state index in [0.717, 1.165) is 17.0 Å². The van der Waals surface area contributed by atoms with Crippen molar-refractivity contribution in [3.63, 3.8) is 0 Å². The molecule has 0 saturated carbocycles. The molecular weight excluding hydrogens is 258 g/mol. The molecule has 6 heteroatoms. The lowest BCUT2D eigenvalue weighted by molar-refractivity contribution is 0.0950. The van der Waals surface area contributed by atoms with Crippen molar-refractivity contribution >= 4 is 5.91 Å². The Morgan fingerprint density at radius 2 is 2.00 bits per heavy atom.